The van der Waals surface area contributed by atoms with Crippen LogP contribution in [0.5, 0.6) is 0 Å². The van der Waals surface area contributed by atoms with E-state index in [0.717, 1.165) is 51.5 Å². The number of hydrogen-bond acceptors (Lipinski definition) is 4. The molecule has 2 rings (SSSR count). The van der Waals surface area contributed by atoms with Crippen LogP contribution >= 0.6 is 11.6 Å². The summed E-state index contributed by atoms with van der Waals surface area (Å²) in [6.45, 7) is 6.00. The van der Waals surface area contributed by atoms with Crippen LogP contribution in [0.4, 0.5) is 5.69 Å². The number of anilines is 1. The maximum atomic E-state index is 11.9. The van der Waals surface area contributed by atoms with Gasteiger partial charge in [0.1, 0.15) is 0 Å². The maximum absolute atomic E-state index is 11.9. The van der Waals surface area contributed by atoms with E-state index < -0.39 is 0 Å². The molecule has 1 aromatic rings. The van der Waals surface area contributed by atoms with Crippen molar-refractivity contribution in [2.24, 2.45) is 10.7 Å². The van der Waals surface area contributed by atoms with Gasteiger partial charge in [0.25, 0.3) is 0 Å². The van der Waals surface area contributed by atoms with Crippen molar-refractivity contribution in [1.82, 2.24) is 10.2 Å². The fraction of sp³-hybridized carbons (Fsp3) is 0.556. The van der Waals surface area contributed by atoms with Crippen LogP contribution in [0, 0.1) is 0 Å². The van der Waals surface area contributed by atoms with Gasteiger partial charge in [0.15, 0.2) is 5.96 Å². The highest BCUT2D eigenvalue weighted by Crippen LogP contribution is 2.13. The number of ether oxygens (including phenoxy) is 1. The molecule has 144 valence electrons. The molecular formula is C18H28ClN5O2. The number of carbonyl (C=O) groups excluding carboxylic acids is 1. The predicted molar refractivity (Wildman–Crippen MR) is 106 cm³/mol. The third-order valence-corrected chi connectivity index (χ3v) is 4.28. The molecule has 1 fully saturated rings. The van der Waals surface area contributed by atoms with Gasteiger partial charge in [-0.1, -0.05) is 11.6 Å². The van der Waals surface area contributed by atoms with Crippen molar-refractivity contribution in [2.45, 2.75) is 19.3 Å². The quantitative estimate of drug-likeness (QED) is 0.344. The van der Waals surface area contributed by atoms with Crippen LogP contribution < -0.4 is 16.4 Å². The zero-order valence-electron chi connectivity index (χ0n) is 15.0. The summed E-state index contributed by atoms with van der Waals surface area (Å²) in [5, 5.41) is 6.58. The number of aliphatic imine (C=N–C) groups is 1. The third-order valence-electron chi connectivity index (χ3n) is 4.03. The molecule has 0 saturated carbocycles. The summed E-state index contributed by atoms with van der Waals surface area (Å²) in [6.07, 6.45) is 2.06. The van der Waals surface area contributed by atoms with Crippen molar-refractivity contribution in [1.29, 1.82) is 0 Å². The first-order chi connectivity index (χ1) is 12.6. The topological polar surface area (TPSA) is 92.0 Å². The van der Waals surface area contributed by atoms with E-state index in [1.165, 1.54) is 0 Å². The molecule has 1 saturated heterocycles. The SMILES string of the molecule is NC(=NCCCC(=O)Nc1ccc(Cl)cc1)NCCCN1CCOCC1. The van der Waals surface area contributed by atoms with Crippen LogP contribution in [-0.4, -0.2) is 62.7 Å². The third kappa shape index (κ3) is 8.51. The summed E-state index contributed by atoms with van der Waals surface area (Å²) in [6, 6.07) is 7.04. The Labute approximate surface area is 159 Å². The number of nitrogens with zero attached hydrogens (tertiary/aromatic N) is 2. The number of halogens is 1. The Bertz CT molecular complexity index is 573. The summed E-state index contributed by atoms with van der Waals surface area (Å²) >= 11 is 5.81. The lowest BCUT2D eigenvalue weighted by Gasteiger charge is -2.26. The van der Waals surface area contributed by atoms with Gasteiger partial charge in [0, 0.05) is 43.3 Å². The second-order valence-corrected chi connectivity index (χ2v) is 6.60. The lowest BCUT2D eigenvalue weighted by molar-refractivity contribution is -0.116. The predicted octanol–water partition coefficient (Wildman–Crippen LogP) is 1.69. The fourth-order valence-corrected chi connectivity index (χ4v) is 2.72. The molecule has 1 heterocycles. The highest BCUT2D eigenvalue weighted by molar-refractivity contribution is 6.30. The fourth-order valence-electron chi connectivity index (χ4n) is 2.60. The van der Waals surface area contributed by atoms with Crippen molar-refractivity contribution < 1.29 is 9.53 Å². The van der Waals surface area contributed by atoms with Crippen LogP contribution in [-0.2, 0) is 9.53 Å². The molecule has 0 aromatic heterocycles. The number of nitrogens with one attached hydrogen (secondary N) is 2. The van der Waals surface area contributed by atoms with E-state index in [4.69, 9.17) is 22.1 Å². The largest absolute Gasteiger partial charge is 0.379 e. The molecule has 0 radical (unpaired) electrons. The Hall–Kier alpha value is -1.83. The number of amides is 1. The molecule has 1 aliphatic rings. The van der Waals surface area contributed by atoms with Crippen molar-refractivity contribution in [3.63, 3.8) is 0 Å². The van der Waals surface area contributed by atoms with Gasteiger partial charge in [-0.25, -0.2) is 0 Å². The first kappa shape index (κ1) is 20.5. The number of rotatable bonds is 9. The molecule has 8 heteroatoms. The normalized spacial score (nSPS) is 15.7. The summed E-state index contributed by atoms with van der Waals surface area (Å²) in [7, 11) is 0. The highest BCUT2D eigenvalue weighted by atomic mass is 35.5. The number of guanidine groups is 1. The second kappa shape index (κ2) is 11.7. The standard InChI is InChI=1S/C18H28ClN5O2/c19-15-4-6-16(7-5-15)23-17(25)3-1-8-21-18(20)22-9-2-10-24-11-13-26-14-12-24/h4-7H,1-3,8-14H2,(H,23,25)(H3,20,21,22). The number of hydrogen-bond donors (Lipinski definition) is 3. The molecule has 7 nitrogen and oxygen atoms in total. The molecule has 1 amide bonds. The van der Waals surface area contributed by atoms with Crippen molar-refractivity contribution in [3.8, 4) is 0 Å². The molecule has 0 unspecified atom stereocenters. The van der Waals surface area contributed by atoms with Gasteiger partial charge in [-0.2, -0.15) is 0 Å². The zero-order valence-corrected chi connectivity index (χ0v) is 15.8. The van der Waals surface area contributed by atoms with Gasteiger partial charge in [-0.15, -0.1) is 0 Å². The highest BCUT2D eigenvalue weighted by Gasteiger charge is 2.09. The lowest BCUT2D eigenvalue weighted by Crippen LogP contribution is -2.39. The monoisotopic (exact) mass is 381 g/mol. The van der Waals surface area contributed by atoms with Crippen LogP contribution in [0.1, 0.15) is 19.3 Å². The minimum absolute atomic E-state index is 0.0421. The van der Waals surface area contributed by atoms with Gasteiger partial charge in [-0.3, -0.25) is 14.7 Å². The van der Waals surface area contributed by atoms with Gasteiger partial charge in [0.05, 0.1) is 13.2 Å². The number of carbonyl (C=O) groups is 1. The Balaban J connectivity index is 1.51. The molecule has 1 aromatic carbocycles. The molecule has 0 bridgehead atoms. The zero-order chi connectivity index (χ0) is 18.6. The summed E-state index contributed by atoms with van der Waals surface area (Å²) in [5.41, 5.74) is 6.58. The Morgan fingerprint density at radius 3 is 2.69 bits per heavy atom. The molecule has 1 aliphatic heterocycles. The van der Waals surface area contributed by atoms with Crippen molar-refractivity contribution >= 4 is 29.2 Å². The summed E-state index contributed by atoms with van der Waals surface area (Å²) in [4.78, 5) is 18.5. The van der Waals surface area contributed by atoms with Gasteiger partial charge in [-0.05, 0) is 43.7 Å². The first-order valence-corrected chi connectivity index (χ1v) is 9.40. The van der Waals surface area contributed by atoms with E-state index in [1.807, 2.05) is 0 Å². The number of nitrogens with two attached hydrogens (primary N) is 1. The Morgan fingerprint density at radius 2 is 1.96 bits per heavy atom. The number of benzene rings is 1. The van der Waals surface area contributed by atoms with E-state index in [1.54, 1.807) is 24.3 Å². The molecule has 0 atom stereocenters. The van der Waals surface area contributed by atoms with Gasteiger partial charge < -0.3 is 21.1 Å². The molecule has 26 heavy (non-hydrogen) atoms. The van der Waals surface area contributed by atoms with Crippen LogP contribution in [0.3, 0.4) is 0 Å². The van der Waals surface area contributed by atoms with E-state index in [0.29, 0.717) is 30.4 Å². The van der Waals surface area contributed by atoms with E-state index >= 15 is 0 Å². The van der Waals surface area contributed by atoms with Crippen LogP contribution in [0.25, 0.3) is 0 Å². The van der Waals surface area contributed by atoms with E-state index in [2.05, 4.69) is 20.5 Å². The Morgan fingerprint density at radius 1 is 1.23 bits per heavy atom. The van der Waals surface area contributed by atoms with Crippen LogP contribution in [0.15, 0.2) is 29.3 Å². The van der Waals surface area contributed by atoms with Crippen LogP contribution in [0.2, 0.25) is 5.02 Å². The lowest BCUT2D eigenvalue weighted by atomic mass is 10.2. The maximum Gasteiger partial charge on any atom is 0.224 e. The summed E-state index contributed by atoms with van der Waals surface area (Å²) in [5.74, 6) is 0.393. The first-order valence-electron chi connectivity index (χ1n) is 9.03. The van der Waals surface area contributed by atoms with E-state index in [-0.39, 0.29) is 5.91 Å². The van der Waals surface area contributed by atoms with Gasteiger partial charge >= 0.3 is 0 Å². The Kier molecular flexibility index (Phi) is 9.23. The average Bonchev–Trinajstić information content (AvgIpc) is 2.65. The molecule has 4 N–H and O–H groups in total. The molecule has 0 aliphatic carbocycles. The average molecular weight is 382 g/mol. The molecular weight excluding hydrogens is 354 g/mol. The summed E-state index contributed by atoms with van der Waals surface area (Å²) < 4.78 is 5.32. The van der Waals surface area contributed by atoms with Gasteiger partial charge in [0.2, 0.25) is 5.91 Å². The smallest absolute Gasteiger partial charge is 0.224 e. The van der Waals surface area contributed by atoms with E-state index in [9.17, 15) is 4.79 Å². The molecule has 0 spiro atoms. The second-order valence-electron chi connectivity index (χ2n) is 6.16. The van der Waals surface area contributed by atoms with Crippen molar-refractivity contribution in [3.05, 3.63) is 29.3 Å². The number of morpholine rings is 1. The minimum atomic E-state index is -0.0421. The minimum Gasteiger partial charge on any atom is -0.379 e. The van der Waals surface area contributed by atoms with Crippen molar-refractivity contribution in [2.75, 3.05) is 51.3 Å².